The molecular formula is C14H14N4O2S. The topological polar surface area (TPSA) is 80.9 Å². The van der Waals surface area contributed by atoms with E-state index in [1.54, 1.807) is 29.9 Å². The molecule has 0 atom stereocenters. The Morgan fingerprint density at radius 3 is 2.86 bits per heavy atom. The lowest BCUT2D eigenvalue weighted by molar-refractivity contribution is -0.147. The fraction of sp³-hybridized carbons (Fsp3) is 0.286. The standard InChI is InChI=1S/C14H14N4O2S/c1-14(2,13(19)20)8-18-12(15-16-17-18)11-7-9-5-3-4-6-10(9)21-11/h3-7H,8H2,1-2H3,(H,19,20). The SMILES string of the molecule is CC(C)(Cn1nnnc1-c1cc2ccccc2s1)C(=O)O. The highest BCUT2D eigenvalue weighted by atomic mass is 32.1. The zero-order valence-electron chi connectivity index (χ0n) is 11.6. The number of hydrogen-bond acceptors (Lipinski definition) is 5. The van der Waals surface area contributed by atoms with E-state index in [-0.39, 0.29) is 6.54 Å². The van der Waals surface area contributed by atoms with Crippen molar-refractivity contribution >= 4 is 27.4 Å². The van der Waals surface area contributed by atoms with Gasteiger partial charge in [-0.1, -0.05) is 18.2 Å². The zero-order valence-corrected chi connectivity index (χ0v) is 12.5. The van der Waals surface area contributed by atoms with E-state index in [1.165, 1.54) is 0 Å². The summed E-state index contributed by atoms with van der Waals surface area (Å²) < 4.78 is 2.71. The number of aliphatic carboxylic acids is 1. The quantitative estimate of drug-likeness (QED) is 0.801. The molecule has 0 saturated heterocycles. The van der Waals surface area contributed by atoms with Crippen LogP contribution < -0.4 is 0 Å². The molecule has 2 aromatic heterocycles. The largest absolute Gasteiger partial charge is 0.481 e. The zero-order chi connectivity index (χ0) is 15.0. The summed E-state index contributed by atoms with van der Waals surface area (Å²) in [6.45, 7) is 3.54. The summed E-state index contributed by atoms with van der Waals surface area (Å²) in [6.07, 6.45) is 0. The molecule has 7 heteroatoms. The molecule has 0 saturated carbocycles. The molecule has 0 fully saturated rings. The van der Waals surface area contributed by atoms with Crippen molar-refractivity contribution in [2.45, 2.75) is 20.4 Å². The van der Waals surface area contributed by atoms with Crippen LogP contribution in [0.2, 0.25) is 0 Å². The van der Waals surface area contributed by atoms with Gasteiger partial charge in [0, 0.05) is 4.70 Å². The summed E-state index contributed by atoms with van der Waals surface area (Å²) in [5.74, 6) is -0.272. The van der Waals surface area contributed by atoms with Crippen LogP contribution in [0.25, 0.3) is 20.8 Å². The molecule has 0 unspecified atom stereocenters. The number of carbonyl (C=O) groups is 1. The number of carboxylic acids is 1. The van der Waals surface area contributed by atoms with E-state index in [9.17, 15) is 9.90 Å². The summed E-state index contributed by atoms with van der Waals surface area (Å²) in [6, 6.07) is 10.1. The molecule has 0 aliphatic carbocycles. The molecule has 2 heterocycles. The number of benzene rings is 1. The van der Waals surface area contributed by atoms with Crippen LogP contribution in [-0.2, 0) is 11.3 Å². The molecule has 0 aliphatic rings. The molecule has 3 rings (SSSR count). The fourth-order valence-electron chi connectivity index (χ4n) is 2.02. The highest BCUT2D eigenvalue weighted by Crippen LogP contribution is 2.32. The number of fused-ring (bicyclic) bond motifs is 1. The van der Waals surface area contributed by atoms with Crippen molar-refractivity contribution in [2.75, 3.05) is 0 Å². The monoisotopic (exact) mass is 302 g/mol. The highest BCUT2D eigenvalue weighted by Gasteiger charge is 2.29. The molecule has 1 aromatic carbocycles. The third-order valence-electron chi connectivity index (χ3n) is 3.30. The van der Waals surface area contributed by atoms with Gasteiger partial charge in [0.2, 0.25) is 0 Å². The normalized spacial score (nSPS) is 11.9. The van der Waals surface area contributed by atoms with E-state index in [1.807, 2.05) is 30.3 Å². The Morgan fingerprint density at radius 2 is 2.14 bits per heavy atom. The van der Waals surface area contributed by atoms with E-state index in [0.717, 1.165) is 15.0 Å². The smallest absolute Gasteiger partial charge is 0.310 e. The van der Waals surface area contributed by atoms with Gasteiger partial charge in [-0.05, 0) is 41.8 Å². The van der Waals surface area contributed by atoms with E-state index < -0.39 is 11.4 Å². The second-order valence-electron chi connectivity index (χ2n) is 5.50. The highest BCUT2D eigenvalue weighted by molar-refractivity contribution is 7.22. The van der Waals surface area contributed by atoms with Gasteiger partial charge >= 0.3 is 5.97 Å². The minimum atomic E-state index is -0.930. The van der Waals surface area contributed by atoms with Crippen molar-refractivity contribution in [2.24, 2.45) is 5.41 Å². The first-order chi connectivity index (χ1) is 9.97. The Hall–Kier alpha value is -2.28. The van der Waals surface area contributed by atoms with Gasteiger partial charge in [-0.15, -0.1) is 16.4 Å². The maximum absolute atomic E-state index is 11.3. The van der Waals surface area contributed by atoms with Gasteiger partial charge in [0.25, 0.3) is 0 Å². The molecule has 0 radical (unpaired) electrons. The predicted molar refractivity (Wildman–Crippen MR) is 80.1 cm³/mol. The van der Waals surface area contributed by atoms with Gasteiger partial charge in [0.05, 0.1) is 16.8 Å². The summed E-state index contributed by atoms with van der Waals surface area (Å²) in [5.41, 5.74) is -0.930. The average molecular weight is 302 g/mol. The van der Waals surface area contributed by atoms with Crippen LogP contribution in [-0.4, -0.2) is 31.3 Å². The van der Waals surface area contributed by atoms with Crippen molar-refractivity contribution < 1.29 is 9.90 Å². The number of rotatable bonds is 4. The van der Waals surface area contributed by atoms with Gasteiger partial charge in [0.1, 0.15) is 0 Å². The lowest BCUT2D eigenvalue weighted by atomic mass is 9.94. The lowest BCUT2D eigenvalue weighted by Crippen LogP contribution is -2.30. The predicted octanol–water partition coefficient (Wildman–Crippen LogP) is 2.67. The average Bonchev–Trinajstić information content (AvgIpc) is 3.03. The molecular weight excluding hydrogens is 288 g/mol. The Bertz CT molecular complexity index is 773. The number of aromatic nitrogens is 4. The molecule has 6 nitrogen and oxygen atoms in total. The van der Waals surface area contributed by atoms with Gasteiger partial charge < -0.3 is 5.11 Å². The first kappa shape index (κ1) is 13.7. The van der Waals surface area contributed by atoms with Gasteiger partial charge in [-0.25, -0.2) is 4.68 Å². The number of nitrogens with zero attached hydrogens (tertiary/aromatic N) is 4. The lowest BCUT2D eigenvalue weighted by Gasteiger charge is -2.18. The van der Waals surface area contributed by atoms with E-state index >= 15 is 0 Å². The van der Waals surface area contributed by atoms with E-state index in [0.29, 0.717) is 5.82 Å². The summed E-state index contributed by atoms with van der Waals surface area (Å²) in [4.78, 5) is 12.2. The van der Waals surface area contributed by atoms with Crippen LogP contribution >= 0.6 is 11.3 Å². The second-order valence-corrected chi connectivity index (χ2v) is 6.58. The molecule has 3 aromatic rings. The summed E-state index contributed by atoms with van der Waals surface area (Å²) >= 11 is 1.59. The van der Waals surface area contributed by atoms with Crippen LogP contribution in [0.15, 0.2) is 30.3 Å². The minimum Gasteiger partial charge on any atom is -0.481 e. The first-order valence-corrected chi connectivity index (χ1v) is 7.27. The second kappa shape index (κ2) is 4.92. The molecule has 0 bridgehead atoms. The Labute approximate surface area is 125 Å². The van der Waals surface area contributed by atoms with Gasteiger partial charge in [-0.2, -0.15) is 0 Å². The Morgan fingerprint density at radius 1 is 1.38 bits per heavy atom. The number of hydrogen-bond donors (Lipinski definition) is 1. The molecule has 108 valence electrons. The maximum atomic E-state index is 11.3. The first-order valence-electron chi connectivity index (χ1n) is 6.46. The Balaban J connectivity index is 2.00. The summed E-state index contributed by atoms with van der Waals surface area (Å²) in [7, 11) is 0. The van der Waals surface area contributed by atoms with Crippen LogP contribution in [0.3, 0.4) is 0 Å². The molecule has 0 aliphatic heterocycles. The van der Waals surface area contributed by atoms with Crippen LogP contribution in [0, 0.1) is 5.41 Å². The third kappa shape index (κ3) is 2.52. The number of tetrazole rings is 1. The number of thiophene rings is 1. The third-order valence-corrected chi connectivity index (χ3v) is 4.41. The molecule has 0 spiro atoms. The Kier molecular flexibility index (Phi) is 3.21. The number of carboxylic acid groups (broad SMARTS) is 1. The summed E-state index contributed by atoms with van der Waals surface area (Å²) in [5, 5.41) is 22.0. The molecule has 21 heavy (non-hydrogen) atoms. The van der Waals surface area contributed by atoms with Crippen molar-refractivity contribution in [1.29, 1.82) is 0 Å². The molecule has 0 amide bonds. The minimum absolute atomic E-state index is 0.221. The fourth-order valence-corrected chi connectivity index (χ4v) is 3.07. The van der Waals surface area contributed by atoms with Crippen LogP contribution in [0.1, 0.15) is 13.8 Å². The van der Waals surface area contributed by atoms with Gasteiger partial charge in [-0.3, -0.25) is 4.79 Å². The van der Waals surface area contributed by atoms with Crippen molar-refractivity contribution in [3.05, 3.63) is 30.3 Å². The van der Waals surface area contributed by atoms with Crippen molar-refractivity contribution in [1.82, 2.24) is 20.2 Å². The van der Waals surface area contributed by atoms with E-state index in [4.69, 9.17) is 0 Å². The maximum Gasteiger partial charge on any atom is 0.310 e. The van der Waals surface area contributed by atoms with E-state index in [2.05, 4.69) is 15.5 Å². The molecule has 1 N–H and O–H groups in total. The van der Waals surface area contributed by atoms with Crippen LogP contribution in [0.5, 0.6) is 0 Å². The van der Waals surface area contributed by atoms with Crippen molar-refractivity contribution in [3.63, 3.8) is 0 Å². The van der Waals surface area contributed by atoms with Crippen LogP contribution in [0.4, 0.5) is 0 Å². The van der Waals surface area contributed by atoms with Gasteiger partial charge in [0.15, 0.2) is 5.82 Å². The van der Waals surface area contributed by atoms with Crippen molar-refractivity contribution in [3.8, 4) is 10.7 Å².